The zero-order valence-corrected chi connectivity index (χ0v) is 20.4. The Morgan fingerprint density at radius 2 is 1.94 bits per heavy atom. The van der Waals surface area contributed by atoms with Crippen molar-refractivity contribution in [1.82, 2.24) is 9.47 Å². The van der Waals surface area contributed by atoms with E-state index in [-0.39, 0.29) is 18.1 Å². The quantitative estimate of drug-likeness (QED) is 0.480. The van der Waals surface area contributed by atoms with E-state index in [9.17, 15) is 18.0 Å². The van der Waals surface area contributed by atoms with Crippen molar-refractivity contribution in [2.24, 2.45) is 5.92 Å². The van der Waals surface area contributed by atoms with E-state index in [0.717, 1.165) is 23.9 Å². The number of carbonyl (C=O) groups is 1. The van der Waals surface area contributed by atoms with E-state index in [1.807, 2.05) is 43.4 Å². The van der Waals surface area contributed by atoms with Gasteiger partial charge in [0.25, 0.3) is 0 Å². The normalized spacial score (nSPS) is 20.0. The van der Waals surface area contributed by atoms with Crippen LogP contribution in [0.3, 0.4) is 0 Å². The van der Waals surface area contributed by atoms with Crippen LogP contribution in [-0.4, -0.2) is 53.1 Å². The lowest BCUT2D eigenvalue weighted by Crippen LogP contribution is -2.47. The highest BCUT2D eigenvalue weighted by Gasteiger charge is 2.34. The first-order valence-electron chi connectivity index (χ1n) is 10.7. The summed E-state index contributed by atoms with van der Waals surface area (Å²) in [5, 5.41) is 4.27. The van der Waals surface area contributed by atoms with Gasteiger partial charge < -0.3 is 24.3 Å². The van der Waals surface area contributed by atoms with Crippen LogP contribution in [0.15, 0.2) is 18.2 Å². The highest BCUT2D eigenvalue weighted by atomic mass is 127. The molecule has 0 spiro atoms. The summed E-state index contributed by atoms with van der Waals surface area (Å²) in [5.74, 6) is 0.939. The molecule has 1 N–H and O–H groups in total. The topological polar surface area (TPSA) is 55.7 Å². The molecular weight excluding hydrogens is 538 g/mol. The van der Waals surface area contributed by atoms with Crippen molar-refractivity contribution in [3.8, 4) is 5.75 Å². The minimum Gasteiger partial charge on any atom is -0.489 e. The van der Waals surface area contributed by atoms with Crippen LogP contribution >= 0.6 is 22.6 Å². The molecule has 0 aliphatic carbocycles. The number of amides is 1. The average molecular weight is 565 g/mol. The lowest BCUT2D eigenvalue weighted by atomic mass is 9.89. The number of nitrogens with zero attached hydrogens (tertiary/aromatic N) is 2. The number of benzene rings is 1. The first-order valence-corrected chi connectivity index (χ1v) is 11.7. The molecule has 176 valence electrons. The maximum absolute atomic E-state index is 13.0. The molecule has 10 heteroatoms. The van der Waals surface area contributed by atoms with Crippen LogP contribution in [0.2, 0.25) is 0 Å². The van der Waals surface area contributed by atoms with Gasteiger partial charge in [0.2, 0.25) is 0 Å². The van der Waals surface area contributed by atoms with Crippen molar-refractivity contribution < 1.29 is 27.4 Å². The largest absolute Gasteiger partial charge is 0.489 e. The highest BCUT2D eigenvalue weighted by molar-refractivity contribution is 14.1. The molecule has 4 rings (SSSR count). The molecule has 1 unspecified atom stereocenters. The number of likely N-dealkylation sites (tertiary alicyclic amines) is 1. The SMILES string of the molecule is CC(C)(C)OC(=O)N1CCC(C2COc3ccc4c(cc(I)n4CC(F)(F)F)c3N2)CC1. The maximum atomic E-state index is 13.0. The van der Waals surface area contributed by atoms with Crippen molar-refractivity contribution >= 4 is 45.3 Å². The number of alkyl halides is 3. The molecule has 6 nitrogen and oxygen atoms in total. The number of hydrogen-bond acceptors (Lipinski definition) is 4. The Bertz CT molecular complexity index is 1010. The van der Waals surface area contributed by atoms with Gasteiger partial charge in [0.15, 0.2) is 0 Å². The van der Waals surface area contributed by atoms with Gasteiger partial charge >= 0.3 is 12.3 Å². The number of piperidine rings is 1. The van der Waals surface area contributed by atoms with Crippen molar-refractivity contribution in [2.75, 3.05) is 25.0 Å². The Labute approximate surface area is 198 Å². The molecule has 32 heavy (non-hydrogen) atoms. The zero-order valence-electron chi connectivity index (χ0n) is 18.3. The van der Waals surface area contributed by atoms with Crippen molar-refractivity contribution in [3.63, 3.8) is 0 Å². The van der Waals surface area contributed by atoms with Crippen molar-refractivity contribution in [2.45, 2.75) is 58.0 Å². The summed E-state index contributed by atoms with van der Waals surface area (Å²) in [6, 6.07) is 5.21. The molecular formula is C22H27F3IN3O3. The van der Waals surface area contributed by atoms with Crippen molar-refractivity contribution in [1.29, 1.82) is 0 Å². The summed E-state index contributed by atoms with van der Waals surface area (Å²) in [5.41, 5.74) is 0.746. The van der Waals surface area contributed by atoms with Crippen LogP contribution in [0.25, 0.3) is 10.9 Å². The molecule has 1 amide bonds. The Morgan fingerprint density at radius 1 is 1.25 bits per heavy atom. The second-order valence-electron chi connectivity index (χ2n) is 9.41. The third-order valence-corrected chi connectivity index (χ3v) is 6.74. The molecule has 2 aliphatic rings. The number of rotatable bonds is 2. The summed E-state index contributed by atoms with van der Waals surface area (Å²) in [7, 11) is 0. The Hall–Kier alpha value is -1.85. The van der Waals surface area contributed by atoms with E-state index < -0.39 is 18.3 Å². The van der Waals surface area contributed by atoms with Crippen LogP contribution in [0.1, 0.15) is 33.6 Å². The summed E-state index contributed by atoms with van der Waals surface area (Å²) in [6.07, 6.45) is -2.98. The molecule has 1 atom stereocenters. The minimum absolute atomic E-state index is 0.0255. The first kappa shape index (κ1) is 23.3. The van der Waals surface area contributed by atoms with Gasteiger partial charge in [-0.25, -0.2) is 4.79 Å². The molecule has 2 aromatic rings. The second kappa shape index (κ2) is 8.49. The number of ether oxygens (including phenoxy) is 2. The van der Waals surface area contributed by atoms with Gasteiger partial charge in [-0.3, -0.25) is 0 Å². The van der Waals surface area contributed by atoms with Gasteiger partial charge in [-0.2, -0.15) is 13.2 Å². The summed E-state index contributed by atoms with van der Waals surface area (Å²) >= 11 is 1.94. The average Bonchev–Trinajstić information content (AvgIpc) is 3.01. The number of hydrogen-bond donors (Lipinski definition) is 1. The molecule has 0 saturated carbocycles. The zero-order chi connectivity index (χ0) is 23.3. The van der Waals surface area contributed by atoms with Gasteiger partial charge in [0.05, 0.1) is 20.9 Å². The molecule has 2 aliphatic heterocycles. The summed E-state index contributed by atoms with van der Waals surface area (Å²) in [6.45, 7) is 6.22. The van der Waals surface area contributed by atoms with E-state index in [1.165, 1.54) is 4.57 Å². The number of fused-ring (bicyclic) bond motifs is 3. The third-order valence-electron chi connectivity index (χ3n) is 5.84. The standard InChI is InChI=1S/C22H27F3IN3O3/c1-21(2,3)32-20(30)28-8-6-13(7-9-28)15-11-31-17-5-4-16-14(19(17)27-15)10-18(26)29(16)12-22(23,24)25/h4-5,10,13,15,27H,6-9,11-12H2,1-3H3. The van der Waals surface area contributed by atoms with E-state index in [0.29, 0.717) is 34.7 Å². The Balaban J connectivity index is 1.48. The number of anilines is 1. The molecule has 1 aromatic heterocycles. The number of carbonyl (C=O) groups excluding carboxylic acids is 1. The first-order chi connectivity index (χ1) is 14.9. The third kappa shape index (κ3) is 5.04. The van der Waals surface area contributed by atoms with Gasteiger partial charge in [-0.05, 0) is 80.3 Å². The monoisotopic (exact) mass is 565 g/mol. The van der Waals surface area contributed by atoms with Crippen LogP contribution in [0.5, 0.6) is 5.75 Å². The predicted octanol–water partition coefficient (Wildman–Crippen LogP) is 5.63. The lowest BCUT2D eigenvalue weighted by molar-refractivity contribution is -0.140. The van der Waals surface area contributed by atoms with Gasteiger partial charge in [-0.1, -0.05) is 0 Å². The molecule has 0 bridgehead atoms. The molecule has 1 aromatic carbocycles. The highest BCUT2D eigenvalue weighted by Crippen LogP contribution is 2.40. The fourth-order valence-electron chi connectivity index (χ4n) is 4.36. The van der Waals surface area contributed by atoms with Crippen LogP contribution < -0.4 is 10.1 Å². The molecule has 0 radical (unpaired) electrons. The fraction of sp³-hybridized carbons (Fsp3) is 0.591. The Kier molecular flexibility index (Phi) is 6.19. The van der Waals surface area contributed by atoms with Crippen LogP contribution in [0, 0.1) is 9.62 Å². The van der Waals surface area contributed by atoms with Crippen molar-refractivity contribution in [3.05, 3.63) is 21.9 Å². The fourth-order valence-corrected chi connectivity index (χ4v) is 5.10. The lowest BCUT2D eigenvalue weighted by Gasteiger charge is -2.39. The second-order valence-corrected chi connectivity index (χ2v) is 10.5. The predicted molar refractivity (Wildman–Crippen MR) is 124 cm³/mol. The van der Waals surface area contributed by atoms with Gasteiger partial charge in [0, 0.05) is 18.5 Å². The smallest absolute Gasteiger partial charge is 0.410 e. The minimum atomic E-state index is -4.30. The van der Waals surface area contributed by atoms with Crippen LogP contribution in [0.4, 0.5) is 23.7 Å². The van der Waals surface area contributed by atoms with Gasteiger partial charge in [-0.15, -0.1) is 0 Å². The maximum Gasteiger partial charge on any atom is 0.410 e. The van der Waals surface area contributed by atoms with Crippen LogP contribution in [-0.2, 0) is 11.3 Å². The van der Waals surface area contributed by atoms with E-state index in [1.54, 1.807) is 23.1 Å². The number of aromatic nitrogens is 1. The van der Waals surface area contributed by atoms with E-state index >= 15 is 0 Å². The summed E-state index contributed by atoms with van der Waals surface area (Å²) < 4.78 is 52.4. The van der Waals surface area contributed by atoms with E-state index in [2.05, 4.69) is 5.32 Å². The molecule has 3 heterocycles. The molecule has 1 fully saturated rings. The molecule has 1 saturated heterocycles. The number of nitrogens with one attached hydrogen (secondary N) is 1. The number of halogens is 4. The Morgan fingerprint density at radius 3 is 2.56 bits per heavy atom. The van der Waals surface area contributed by atoms with Gasteiger partial charge in [0.1, 0.15) is 24.5 Å². The summed E-state index contributed by atoms with van der Waals surface area (Å²) in [4.78, 5) is 14.1. The van der Waals surface area contributed by atoms with E-state index in [4.69, 9.17) is 9.47 Å².